The predicted molar refractivity (Wildman–Crippen MR) is 121 cm³/mol. The van der Waals surface area contributed by atoms with Crippen LogP contribution in [0.25, 0.3) is 0 Å². The van der Waals surface area contributed by atoms with E-state index in [2.05, 4.69) is 25.1 Å². The number of benzene rings is 1. The van der Waals surface area contributed by atoms with Crippen LogP contribution in [0.2, 0.25) is 0 Å². The second-order valence-electron chi connectivity index (χ2n) is 8.44. The van der Waals surface area contributed by atoms with E-state index in [0.717, 1.165) is 23.6 Å². The molecule has 1 atom stereocenters. The van der Waals surface area contributed by atoms with Crippen molar-refractivity contribution in [3.05, 3.63) is 59.2 Å². The molecule has 1 fully saturated rings. The van der Waals surface area contributed by atoms with E-state index >= 15 is 0 Å². The zero-order valence-electron chi connectivity index (χ0n) is 19.1. The Balaban J connectivity index is 1.48. The largest absolute Gasteiger partial charge is 0.435 e. The maximum Gasteiger partial charge on any atom is 0.435 e. The van der Waals surface area contributed by atoms with E-state index in [9.17, 15) is 26.4 Å². The lowest BCUT2D eigenvalue weighted by Gasteiger charge is -2.16. The fraction of sp³-hybridized carbons (Fsp3) is 0.364. The molecule has 0 bridgehead atoms. The van der Waals surface area contributed by atoms with Crippen LogP contribution < -0.4 is 10.0 Å². The van der Waals surface area contributed by atoms with Crippen molar-refractivity contribution in [2.24, 2.45) is 0 Å². The molecule has 1 saturated carbocycles. The van der Waals surface area contributed by atoms with Gasteiger partial charge in [-0.05, 0) is 70.0 Å². The minimum absolute atomic E-state index is 0.0491. The Morgan fingerprint density at radius 1 is 1.09 bits per heavy atom. The molecular formula is C22H23F3N6O3S. The fourth-order valence-corrected chi connectivity index (χ4v) is 4.51. The van der Waals surface area contributed by atoms with Crippen LogP contribution in [-0.4, -0.2) is 34.1 Å². The number of carbonyl (C=O) groups is 1. The zero-order valence-corrected chi connectivity index (χ0v) is 19.9. The maximum atomic E-state index is 13.1. The molecule has 35 heavy (non-hydrogen) atoms. The number of nitrogens with zero attached hydrogens (tertiary/aromatic N) is 4. The van der Waals surface area contributed by atoms with Gasteiger partial charge in [-0.15, -0.1) is 0 Å². The summed E-state index contributed by atoms with van der Waals surface area (Å²) in [6.45, 7) is 4.89. The highest BCUT2D eigenvalue weighted by Gasteiger charge is 2.39. The van der Waals surface area contributed by atoms with Crippen molar-refractivity contribution < 1.29 is 26.4 Å². The van der Waals surface area contributed by atoms with Gasteiger partial charge in [0.2, 0.25) is 11.9 Å². The Morgan fingerprint density at radius 2 is 1.69 bits per heavy atom. The van der Waals surface area contributed by atoms with Crippen LogP contribution in [0.5, 0.6) is 0 Å². The highest BCUT2D eigenvalue weighted by atomic mass is 32.2. The first kappa shape index (κ1) is 24.6. The van der Waals surface area contributed by atoms with E-state index in [-0.39, 0.29) is 22.4 Å². The lowest BCUT2D eigenvalue weighted by molar-refractivity contribution is -0.141. The van der Waals surface area contributed by atoms with Gasteiger partial charge >= 0.3 is 6.18 Å². The number of anilines is 2. The molecule has 1 aliphatic rings. The van der Waals surface area contributed by atoms with Gasteiger partial charge in [-0.3, -0.25) is 9.48 Å². The van der Waals surface area contributed by atoms with E-state index in [1.807, 2.05) is 0 Å². The van der Waals surface area contributed by atoms with Crippen LogP contribution in [0, 0.1) is 13.8 Å². The number of halogens is 3. The number of hydrogen-bond acceptors (Lipinski definition) is 6. The molecule has 1 amide bonds. The minimum atomic E-state index is -4.61. The molecule has 0 radical (unpaired) electrons. The minimum Gasteiger partial charge on any atom is -0.324 e. The van der Waals surface area contributed by atoms with E-state index in [4.69, 9.17) is 0 Å². The Morgan fingerprint density at radius 3 is 2.23 bits per heavy atom. The molecule has 3 aromatic rings. The maximum absolute atomic E-state index is 13.1. The number of sulfonamides is 1. The summed E-state index contributed by atoms with van der Waals surface area (Å²) in [7, 11) is -3.98. The third kappa shape index (κ3) is 5.61. The Kier molecular flexibility index (Phi) is 6.30. The first-order valence-corrected chi connectivity index (χ1v) is 12.2. The number of aromatic nitrogens is 4. The Labute approximate surface area is 199 Å². The molecule has 13 heteroatoms. The van der Waals surface area contributed by atoms with Crippen LogP contribution in [0.3, 0.4) is 0 Å². The standard InChI is InChI=1S/C22H23F3N6O3S/c1-12-10-13(2)27-21(26-12)30-35(33,34)17-8-6-16(7-9-17)28-20(32)14(3)31-18(15-4-5-15)11-19(29-31)22(23,24)25/h6-11,14-15H,4-5H2,1-3H3,(H,28,32)(H,26,27,30). The van der Waals surface area contributed by atoms with Gasteiger partial charge in [-0.1, -0.05) is 0 Å². The third-order valence-electron chi connectivity index (χ3n) is 5.44. The number of alkyl halides is 3. The predicted octanol–water partition coefficient (Wildman–Crippen LogP) is 4.19. The first-order chi connectivity index (χ1) is 16.3. The second-order valence-corrected chi connectivity index (χ2v) is 10.1. The van der Waals surface area contributed by atoms with Crippen molar-refractivity contribution in [1.82, 2.24) is 19.7 Å². The van der Waals surface area contributed by atoms with Gasteiger partial charge in [0, 0.05) is 28.7 Å². The van der Waals surface area contributed by atoms with Gasteiger partial charge in [0.15, 0.2) is 5.69 Å². The molecule has 1 aromatic carbocycles. The molecule has 186 valence electrons. The Hall–Kier alpha value is -3.48. The molecule has 1 aliphatic carbocycles. The van der Waals surface area contributed by atoms with Crippen molar-refractivity contribution in [3.63, 3.8) is 0 Å². The summed E-state index contributed by atoms with van der Waals surface area (Å²) >= 11 is 0. The van der Waals surface area contributed by atoms with Gasteiger partial charge < -0.3 is 5.32 Å². The molecule has 2 N–H and O–H groups in total. The average molecular weight is 509 g/mol. The summed E-state index contributed by atoms with van der Waals surface area (Å²) in [5.74, 6) is -0.689. The monoisotopic (exact) mass is 508 g/mol. The summed E-state index contributed by atoms with van der Waals surface area (Å²) in [4.78, 5) is 20.8. The van der Waals surface area contributed by atoms with Crippen LogP contribution in [0.4, 0.5) is 24.8 Å². The zero-order chi connectivity index (χ0) is 25.5. The normalized spacial score (nSPS) is 15.0. The van der Waals surface area contributed by atoms with Crippen LogP contribution in [-0.2, 0) is 21.0 Å². The molecule has 2 aromatic heterocycles. The molecule has 9 nitrogen and oxygen atoms in total. The summed E-state index contributed by atoms with van der Waals surface area (Å²) < 4.78 is 68.2. The molecule has 0 spiro atoms. The smallest absolute Gasteiger partial charge is 0.324 e. The third-order valence-corrected chi connectivity index (χ3v) is 6.78. The summed E-state index contributed by atoms with van der Waals surface area (Å²) in [5.41, 5.74) is 0.827. The fourth-order valence-electron chi connectivity index (χ4n) is 3.57. The average Bonchev–Trinajstić information content (AvgIpc) is 3.49. The van der Waals surface area contributed by atoms with Crippen molar-refractivity contribution >= 4 is 27.6 Å². The Bertz CT molecular complexity index is 1350. The number of hydrogen-bond donors (Lipinski definition) is 2. The number of nitrogens with one attached hydrogen (secondary N) is 2. The van der Waals surface area contributed by atoms with Crippen LogP contribution in [0.15, 0.2) is 41.3 Å². The highest BCUT2D eigenvalue weighted by molar-refractivity contribution is 7.92. The van der Waals surface area contributed by atoms with Crippen molar-refractivity contribution in [1.29, 1.82) is 0 Å². The van der Waals surface area contributed by atoms with Crippen molar-refractivity contribution in [2.75, 3.05) is 10.0 Å². The van der Waals surface area contributed by atoms with Crippen LogP contribution in [0.1, 0.15) is 54.5 Å². The van der Waals surface area contributed by atoms with Gasteiger partial charge in [0.05, 0.1) is 4.90 Å². The lowest BCUT2D eigenvalue weighted by atomic mass is 10.2. The molecular weight excluding hydrogens is 485 g/mol. The highest BCUT2D eigenvalue weighted by Crippen LogP contribution is 2.43. The summed E-state index contributed by atoms with van der Waals surface area (Å²) in [6, 6.07) is 7.03. The first-order valence-electron chi connectivity index (χ1n) is 10.8. The van der Waals surface area contributed by atoms with Gasteiger partial charge in [0.25, 0.3) is 10.0 Å². The lowest BCUT2D eigenvalue weighted by Crippen LogP contribution is -2.26. The SMILES string of the molecule is Cc1cc(C)nc(NS(=O)(=O)c2ccc(NC(=O)C(C)n3nc(C(F)(F)F)cc3C3CC3)cc2)n1. The van der Waals surface area contributed by atoms with E-state index in [0.29, 0.717) is 17.1 Å². The second kappa shape index (κ2) is 8.95. The van der Waals surface area contributed by atoms with Crippen molar-refractivity contribution in [2.45, 2.75) is 56.6 Å². The molecule has 0 aliphatic heterocycles. The van der Waals surface area contributed by atoms with Gasteiger partial charge in [-0.2, -0.15) is 18.3 Å². The van der Waals surface area contributed by atoms with E-state index in [1.54, 1.807) is 19.9 Å². The van der Waals surface area contributed by atoms with Gasteiger partial charge in [0.1, 0.15) is 6.04 Å². The summed E-state index contributed by atoms with van der Waals surface area (Å²) in [6.07, 6.45) is -3.12. The number of aryl methyl sites for hydroxylation is 2. The quantitative estimate of drug-likeness (QED) is 0.494. The van der Waals surface area contributed by atoms with E-state index < -0.39 is 33.8 Å². The van der Waals surface area contributed by atoms with Gasteiger partial charge in [-0.25, -0.2) is 23.1 Å². The topological polar surface area (TPSA) is 119 Å². The number of carbonyl (C=O) groups excluding carboxylic acids is 1. The molecule has 2 heterocycles. The molecule has 0 saturated heterocycles. The molecule has 4 rings (SSSR count). The van der Waals surface area contributed by atoms with Crippen molar-refractivity contribution in [3.8, 4) is 0 Å². The summed E-state index contributed by atoms with van der Waals surface area (Å²) in [5, 5.41) is 6.23. The number of amides is 1. The molecule has 1 unspecified atom stereocenters. The number of rotatable bonds is 7. The van der Waals surface area contributed by atoms with E-state index in [1.165, 1.54) is 31.2 Å². The van der Waals surface area contributed by atoms with Crippen LogP contribution >= 0.6 is 0 Å².